The molecule has 26 heavy (non-hydrogen) atoms. The van der Waals surface area contributed by atoms with E-state index in [4.69, 9.17) is 0 Å². The monoisotopic (exact) mass is 369 g/mol. The maximum atomic E-state index is 12.2. The summed E-state index contributed by atoms with van der Waals surface area (Å²) in [6, 6.07) is 8.24. The Kier molecular flexibility index (Phi) is 5.11. The molecule has 0 bridgehead atoms. The molecule has 1 amide bonds. The normalized spacial score (nSPS) is 16.1. The van der Waals surface area contributed by atoms with Gasteiger partial charge in [-0.05, 0) is 17.2 Å². The Morgan fingerprint density at radius 2 is 2.31 bits per heavy atom. The lowest BCUT2D eigenvalue weighted by atomic mass is 10.0. The fraction of sp³-hybridized carbons (Fsp3) is 0.222. The smallest absolute Gasteiger partial charge is 0.270 e. The fourth-order valence-electron chi connectivity index (χ4n) is 2.89. The second kappa shape index (κ2) is 7.47. The highest BCUT2D eigenvalue weighted by molar-refractivity contribution is 7.16. The number of quaternary nitrogens is 1. The number of carbonyl (C=O) groups excluding carboxylic acids is 1. The van der Waals surface area contributed by atoms with Gasteiger partial charge in [-0.1, -0.05) is 12.1 Å². The van der Waals surface area contributed by atoms with Crippen molar-refractivity contribution in [1.82, 2.24) is 0 Å². The van der Waals surface area contributed by atoms with Crippen LogP contribution in [0.15, 0.2) is 30.3 Å². The van der Waals surface area contributed by atoms with Crippen LogP contribution in [0.2, 0.25) is 0 Å². The summed E-state index contributed by atoms with van der Waals surface area (Å²) in [5.74, 6) is -0.368. The van der Waals surface area contributed by atoms with Crippen LogP contribution in [0.3, 0.4) is 0 Å². The van der Waals surface area contributed by atoms with E-state index in [1.54, 1.807) is 12.1 Å². The van der Waals surface area contributed by atoms with Gasteiger partial charge in [0.05, 0.1) is 29.0 Å². The van der Waals surface area contributed by atoms with Crippen molar-refractivity contribution in [1.29, 1.82) is 5.26 Å². The SMILES string of the molecule is C[NH+]1CCc2c(sc(NC(=O)C=Cc3cccc([N+](=O)[O-])c3)c2C#N)C1. The predicted octanol–water partition coefficient (Wildman–Crippen LogP) is 1.75. The molecule has 2 N–H and O–H groups in total. The first-order valence-corrected chi connectivity index (χ1v) is 8.89. The number of hydrogen-bond acceptors (Lipinski definition) is 5. The van der Waals surface area contributed by atoms with Crippen molar-refractivity contribution in [3.8, 4) is 6.07 Å². The van der Waals surface area contributed by atoms with Crippen molar-refractivity contribution in [2.45, 2.75) is 13.0 Å². The van der Waals surface area contributed by atoms with E-state index in [0.29, 0.717) is 16.1 Å². The van der Waals surface area contributed by atoms with Crippen LogP contribution in [0.1, 0.15) is 21.6 Å². The largest absolute Gasteiger partial charge is 0.333 e. The Hall–Kier alpha value is -3.02. The fourth-order valence-corrected chi connectivity index (χ4v) is 4.21. The number of thiophene rings is 1. The molecule has 7 nitrogen and oxygen atoms in total. The zero-order valence-corrected chi connectivity index (χ0v) is 14.9. The number of nitro benzene ring substituents is 1. The third-order valence-electron chi connectivity index (χ3n) is 4.21. The van der Waals surface area contributed by atoms with Crippen LogP contribution in [-0.4, -0.2) is 24.4 Å². The molecule has 132 valence electrons. The van der Waals surface area contributed by atoms with Crippen LogP contribution < -0.4 is 10.2 Å². The van der Waals surface area contributed by atoms with Gasteiger partial charge < -0.3 is 10.2 Å². The molecule has 1 aromatic heterocycles. The molecule has 2 heterocycles. The molecule has 0 saturated carbocycles. The number of likely N-dealkylation sites (N-methyl/N-ethyl adjacent to an activating group) is 1. The number of anilines is 1. The minimum absolute atomic E-state index is 0.0307. The third kappa shape index (κ3) is 3.79. The van der Waals surface area contributed by atoms with E-state index in [1.807, 2.05) is 0 Å². The van der Waals surface area contributed by atoms with E-state index >= 15 is 0 Å². The molecule has 1 aliphatic rings. The van der Waals surface area contributed by atoms with Gasteiger partial charge in [-0.15, -0.1) is 11.3 Å². The highest BCUT2D eigenvalue weighted by atomic mass is 32.1. The van der Waals surface area contributed by atoms with Gasteiger partial charge in [0, 0.05) is 24.6 Å². The van der Waals surface area contributed by atoms with E-state index in [1.165, 1.54) is 40.5 Å². The topological polar surface area (TPSA) is 100 Å². The van der Waals surface area contributed by atoms with E-state index in [0.717, 1.165) is 30.0 Å². The van der Waals surface area contributed by atoms with Crippen molar-refractivity contribution in [2.24, 2.45) is 0 Å². The van der Waals surface area contributed by atoms with Crippen LogP contribution in [0.25, 0.3) is 6.08 Å². The summed E-state index contributed by atoms with van der Waals surface area (Å²) in [5, 5.41) is 23.6. The summed E-state index contributed by atoms with van der Waals surface area (Å²) < 4.78 is 0. The molecule has 1 unspecified atom stereocenters. The third-order valence-corrected chi connectivity index (χ3v) is 5.36. The molecule has 3 rings (SSSR count). The Morgan fingerprint density at radius 3 is 3.04 bits per heavy atom. The summed E-state index contributed by atoms with van der Waals surface area (Å²) in [4.78, 5) is 25.0. The van der Waals surface area contributed by atoms with Gasteiger partial charge in [-0.2, -0.15) is 5.26 Å². The molecule has 0 radical (unpaired) electrons. The number of nitro groups is 1. The zero-order valence-electron chi connectivity index (χ0n) is 14.1. The number of nitrogens with zero attached hydrogens (tertiary/aromatic N) is 2. The van der Waals surface area contributed by atoms with Crippen molar-refractivity contribution in [2.75, 3.05) is 18.9 Å². The number of rotatable bonds is 4. The Morgan fingerprint density at radius 1 is 1.50 bits per heavy atom. The minimum atomic E-state index is -0.480. The van der Waals surface area contributed by atoms with Crippen LogP contribution in [0, 0.1) is 21.4 Å². The first-order valence-electron chi connectivity index (χ1n) is 8.07. The Labute approximate surface area is 154 Å². The molecular formula is C18H17N4O3S+. The second-order valence-electron chi connectivity index (χ2n) is 6.13. The number of fused-ring (bicyclic) bond motifs is 1. The second-order valence-corrected chi connectivity index (χ2v) is 7.23. The van der Waals surface area contributed by atoms with Crippen molar-refractivity contribution in [3.05, 3.63) is 62.0 Å². The lowest BCUT2D eigenvalue weighted by Gasteiger charge is -2.18. The van der Waals surface area contributed by atoms with Gasteiger partial charge in [0.2, 0.25) is 5.91 Å². The maximum absolute atomic E-state index is 12.2. The number of hydrogen-bond donors (Lipinski definition) is 2. The molecule has 1 aliphatic heterocycles. The molecule has 0 fully saturated rings. The predicted molar refractivity (Wildman–Crippen MR) is 99.0 cm³/mol. The van der Waals surface area contributed by atoms with Crippen molar-refractivity contribution >= 4 is 34.0 Å². The standard InChI is InChI=1S/C18H16N4O3S/c1-21-8-7-14-15(10-19)18(26-16(14)11-21)20-17(23)6-5-12-3-2-4-13(9-12)22(24)25/h2-6,9H,7-8,11H2,1H3,(H,20,23)/p+1. The lowest BCUT2D eigenvalue weighted by Crippen LogP contribution is -3.08. The molecule has 1 aromatic carbocycles. The van der Waals surface area contributed by atoms with E-state index in [-0.39, 0.29) is 11.6 Å². The van der Waals surface area contributed by atoms with Crippen LogP contribution in [-0.2, 0) is 17.8 Å². The summed E-state index contributed by atoms with van der Waals surface area (Å²) >= 11 is 1.45. The highest BCUT2D eigenvalue weighted by Crippen LogP contribution is 2.34. The van der Waals surface area contributed by atoms with Gasteiger partial charge in [-0.25, -0.2) is 0 Å². The quantitative estimate of drug-likeness (QED) is 0.487. The van der Waals surface area contributed by atoms with Gasteiger partial charge in [0.25, 0.3) is 5.69 Å². The molecule has 0 saturated heterocycles. The summed E-state index contributed by atoms with van der Waals surface area (Å²) in [6.07, 6.45) is 3.66. The van der Waals surface area contributed by atoms with Gasteiger partial charge in [-0.3, -0.25) is 14.9 Å². The molecule has 0 aliphatic carbocycles. The first kappa shape index (κ1) is 17.8. The number of nitrogens with one attached hydrogen (secondary N) is 2. The van der Waals surface area contributed by atoms with Crippen LogP contribution >= 0.6 is 11.3 Å². The average molecular weight is 369 g/mol. The van der Waals surface area contributed by atoms with Crippen molar-refractivity contribution < 1.29 is 14.6 Å². The summed E-state index contributed by atoms with van der Waals surface area (Å²) in [5.41, 5.74) is 2.12. The molecule has 0 spiro atoms. The van der Waals surface area contributed by atoms with Gasteiger partial charge in [0.15, 0.2) is 0 Å². The number of benzene rings is 1. The zero-order chi connectivity index (χ0) is 18.7. The summed E-state index contributed by atoms with van der Waals surface area (Å²) in [7, 11) is 2.11. The number of carbonyl (C=O) groups is 1. The van der Waals surface area contributed by atoms with E-state index in [2.05, 4.69) is 18.4 Å². The maximum Gasteiger partial charge on any atom is 0.270 e. The average Bonchev–Trinajstić information content (AvgIpc) is 2.96. The Bertz CT molecular complexity index is 942. The van der Waals surface area contributed by atoms with Crippen LogP contribution in [0.4, 0.5) is 10.7 Å². The highest BCUT2D eigenvalue weighted by Gasteiger charge is 2.25. The molecule has 8 heteroatoms. The summed E-state index contributed by atoms with van der Waals surface area (Å²) in [6.45, 7) is 1.83. The number of nitriles is 1. The van der Waals surface area contributed by atoms with Crippen LogP contribution in [0.5, 0.6) is 0 Å². The Balaban J connectivity index is 1.76. The van der Waals surface area contributed by atoms with Crippen molar-refractivity contribution in [3.63, 3.8) is 0 Å². The molecule has 2 aromatic rings. The molecular weight excluding hydrogens is 352 g/mol. The molecule has 1 atom stereocenters. The first-order chi connectivity index (χ1) is 12.5. The minimum Gasteiger partial charge on any atom is -0.333 e. The van der Waals surface area contributed by atoms with Gasteiger partial charge >= 0.3 is 0 Å². The van der Waals surface area contributed by atoms with E-state index in [9.17, 15) is 20.2 Å². The lowest BCUT2D eigenvalue weighted by molar-refractivity contribution is -0.895. The van der Waals surface area contributed by atoms with E-state index < -0.39 is 4.92 Å². The van der Waals surface area contributed by atoms with Gasteiger partial charge in [0.1, 0.15) is 17.6 Å². The number of amides is 1. The number of non-ortho nitro benzene ring substituents is 1.